The van der Waals surface area contributed by atoms with Crippen LogP contribution in [-0.2, 0) is 0 Å². The third-order valence-corrected chi connectivity index (χ3v) is 7.47. The predicted molar refractivity (Wildman–Crippen MR) is 95.9 cm³/mol. The summed E-state index contributed by atoms with van der Waals surface area (Å²) in [5.41, 5.74) is 0.153. The van der Waals surface area contributed by atoms with E-state index in [1.807, 2.05) is 0 Å². The number of hydrogen-bond donors (Lipinski definition) is 1. The summed E-state index contributed by atoms with van der Waals surface area (Å²) < 4.78 is 0. The lowest BCUT2D eigenvalue weighted by atomic mass is 9.41. The van der Waals surface area contributed by atoms with Crippen molar-refractivity contribution >= 4 is 0 Å². The van der Waals surface area contributed by atoms with Crippen LogP contribution in [0.25, 0.3) is 0 Å². The summed E-state index contributed by atoms with van der Waals surface area (Å²) in [5, 5.41) is 11.5. The fourth-order valence-corrected chi connectivity index (χ4v) is 5.70. The van der Waals surface area contributed by atoms with Crippen LogP contribution in [0.4, 0.5) is 0 Å². The minimum absolute atomic E-state index is 0.378. The molecule has 0 saturated heterocycles. The maximum atomic E-state index is 11.5. The fraction of sp³-hybridized carbons (Fsp3) is 1.00. The van der Waals surface area contributed by atoms with Gasteiger partial charge in [0.2, 0.25) is 0 Å². The highest BCUT2D eigenvalue weighted by atomic mass is 16.3. The van der Waals surface area contributed by atoms with E-state index in [9.17, 15) is 5.11 Å². The van der Waals surface area contributed by atoms with Crippen LogP contribution in [-0.4, -0.2) is 10.7 Å². The van der Waals surface area contributed by atoms with Gasteiger partial charge in [0.1, 0.15) is 0 Å². The van der Waals surface area contributed by atoms with Gasteiger partial charge in [-0.05, 0) is 54.8 Å². The molecule has 0 heterocycles. The summed E-state index contributed by atoms with van der Waals surface area (Å²) in [4.78, 5) is 0. The van der Waals surface area contributed by atoms with Crippen molar-refractivity contribution in [2.45, 2.75) is 104 Å². The van der Waals surface area contributed by atoms with Crippen LogP contribution in [0.5, 0.6) is 0 Å². The van der Waals surface area contributed by atoms with Crippen molar-refractivity contribution in [1.82, 2.24) is 0 Å². The highest BCUT2D eigenvalue weighted by molar-refractivity contribution is 5.08. The first-order chi connectivity index (χ1) is 10.4. The van der Waals surface area contributed by atoms with Crippen LogP contribution in [0, 0.1) is 29.1 Å². The lowest BCUT2D eigenvalue weighted by Crippen LogP contribution is -2.59. The second-order valence-electron chi connectivity index (χ2n) is 9.08. The lowest BCUT2D eigenvalue weighted by molar-refractivity contribution is -0.185. The molecule has 3 aliphatic carbocycles. The van der Waals surface area contributed by atoms with Gasteiger partial charge < -0.3 is 5.11 Å². The van der Waals surface area contributed by atoms with Crippen molar-refractivity contribution in [2.75, 3.05) is 0 Å². The summed E-state index contributed by atoms with van der Waals surface area (Å²) >= 11 is 0. The SMILES string of the molecule is CCCCCCC(O)(CCCC)C1C[C@@H]2CC(C1C)C2(C)C. The summed E-state index contributed by atoms with van der Waals surface area (Å²) in [6, 6.07) is 0. The Bertz CT molecular complexity index is 348. The Morgan fingerprint density at radius 1 is 0.955 bits per heavy atom. The van der Waals surface area contributed by atoms with Crippen molar-refractivity contribution in [1.29, 1.82) is 0 Å². The van der Waals surface area contributed by atoms with Gasteiger partial charge in [-0.3, -0.25) is 0 Å². The average molecular weight is 309 g/mol. The molecule has 1 nitrogen and oxygen atoms in total. The first-order valence-electron chi connectivity index (χ1n) is 10.1. The van der Waals surface area contributed by atoms with Gasteiger partial charge in [0, 0.05) is 0 Å². The average Bonchev–Trinajstić information content (AvgIpc) is 2.49. The van der Waals surface area contributed by atoms with Crippen molar-refractivity contribution in [3.63, 3.8) is 0 Å². The van der Waals surface area contributed by atoms with Crippen LogP contribution in [0.15, 0.2) is 0 Å². The molecule has 22 heavy (non-hydrogen) atoms. The molecular weight excluding hydrogens is 268 g/mol. The minimum atomic E-state index is -0.378. The Balaban J connectivity index is 2.02. The summed E-state index contributed by atoms with van der Waals surface area (Å²) in [7, 11) is 0. The van der Waals surface area contributed by atoms with Crippen LogP contribution in [0.2, 0.25) is 0 Å². The second kappa shape index (κ2) is 7.24. The molecule has 0 aliphatic heterocycles. The van der Waals surface area contributed by atoms with E-state index >= 15 is 0 Å². The Hall–Kier alpha value is -0.0400. The maximum Gasteiger partial charge on any atom is 0.0678 e. The van der Waals surface area contributed by atoms with E-state index in [-0.39, 0.29) is 5.60 Å². The van der Waals surface area contributed by atoms with Crippen LogP contribution >= 0.6 is 0 Å². The lowest BCUT2D eigenvalue weighted by Gasteiger charge is -2.64. The second-order valence-corrected chi connectivity index (χ2v) is 9.08. The number of rotatable bonds is 9. The summed E-state index contributed by atoms with van der Waals surface area (Å²) in [5.74, 6) is 2.97. The van der Waals surface area contributed by atoms with E-state index in [1.165, 1.54) is 51.4 Å². The number of aliphatic hydroxyl groups is 1. The van der Waals surface area contributed by atoms with Gasteiger partial charge in [-0.25, -0.2) is 0 Å². The van der Waals surface area contributed by atoms with Gasteiger partial charge in [-0.2, -0.15) is 0 Å². The molecule has 0 aromatic heterocycles. The van der Waals surface area contributed by atoms with Crippen LogP contribution in [0.1, 0.15) is 98.8 Å². The topological polar surface area (TPSA) is 20.2 Å². The molecule has 3 saturated carbocycles. The summed E-state index contributed by atoms with van der Waals surface area (Å²) in [6.45, 7) is 11.9. The Morgan fingerprint density at radius 3 is 2.14 bits per heavy atom. The largest absolute Gasteiger partial charge is 0.390 e. The highest BCUT2D eigenvalue weighted by Gasteiger charge is 2.59. The van der Waals surface area contributed by atoms with Crippen molar-refractivity contribution in [3.05, 3.63) is 0 Å². The van der Waals surface area contributed by atoms with Gasteiger partial charge in [-0.1, -0.05) is 73.1 Å². The van der Waals surface area contributed by atoms with Gasteiger partial charge in [0.15, 0.2) is 0 Å². The monoisotopic (exact) mass is 308 g/mol. The maximum absolute atomic E-state index is 11.5. The van der Waals surface area contributed by atoms with Crippen molar-refractivity contribution in [3.8, 4) is 0 Å². The molecule has 2 bridgehead atoms. The smallest absolute Gasteiger partial charge is 0.0678 e. The molecular formula is C21H40O. The highest BCUT2D eigenvalue weighted by Crippen LogP contribution is 2.65. The molecule has 0 aromatic rings. The fourth-order valence-electron chi connectivity index (χ4n) is 5.70. The molecule has 5 atom stereocenters. The normalized spacial score (nSPS) is 35.7. The molecule has 1 heteroatoms. The number of hydrogen-bond acceptors (Lipinski definition) is 1. The van der Waals surface area contributed by atoms with E-state index in [2.05, 4.69) is 34.6 Å². The van der Waals surface area contributed by atoms with Crippen molar-refractivity contribution < 1.29 is 5.11 Å². The van der Waals surface area contributed by atoms with Gasteiger partial charge in [-0.15, -0.1) is 0 Å². The van der Waals surface area contributed by atoms with Crippen LogP contribution in [0.3, 0.4) is 0 Å². The first-order valence-corrected chi connectivity index (χ1v) is 10.1. The predicted octanol–water partition coefficient (Wildman–Crippen LogP) is 6.20. The first kappa shape index (κ1) is 18.3. The van der Waals surface area contributed by atoms with Gasteiger partial charge >= 0.3 is 0 Å². The number of fused-ring (bicyclic) bond motifs is 2. The Labute approximate surface area is 139 Å². The summed E-state index contributed by atoms with van der Waals surface area (Å²) in [6.07, 6.45) is 12.3. The molecule has 4 unspecified atom stereocenters. The minimum Gasteiger partial charge on any atom is -0.390 e. The van der Waals surface area contributed by atoms with Crippen molar-refractivity contribution in [2.24, 2.45) is 29.1 Å². The zero-order chi connectivity index (χ0) is 16.4. The van der Waals surface area contributed by atoms with Gasteiger partial charge in [0.25, 0.3) is 0 Å². The third kappa shape index (κ3) is 3.40. The molecule has 0 aromatic carbocycles. The molecule has 1 N–H and O–H groups in total. The molecule has 3 fully saturated rings. The molecule has 130 valence electrons. The van der Waals surface area contributed by atoms with E-state index in [0.717, 1.165) is 24.7 Å². The van der Waals surface area contributed by atoms with E-state index in [1.54, 1.807) is 0 Å². The quantitative estimate of drug-likeness (QED) is 0.503. The molecule has 0 amide bonds. The third-order valence-electron chi connectivity index (χ3n) is 7.47. The number of unbranched alkanes of at least 4 members (excludes halogenated alkanes) is 4. The molecule has 3 rings (SSSR count). The zero-order valence-electron chi connectivity index (χ0n) is 15.8. The molecule has 0 spiro atoms. The molecule has 3 aliphatic rings. The van der Waals surface area contributed by atoms with Crippen LogP contribution < -0.4 is 0 Å². The standard InChI is InChI=1S/C21H40O/c1-6-8-10-11-13-21(22,12-9-7-2)19-15-17-14-18(16(19)3)20(17,4)5/h16-19,22H,6-15H2,1-5H3/t16?,17-,18?,19?,21?/m0/s1. The van der Waals surface area contributed by atoms with E-state index in [0.29, 0.717) is 17.3 Å². The Kier molecular flexibility index (Phi) is 6.02. The van der Waals surface area contributed by atoms with E-state index in [4.69, 9.17) is 0 Å². The Morgan fingerprint density at radius 2 is 1.59 bits per heavy atom. The molecule has 0 radical (unpaired) electrons. The van der Waals surface area contributed by atoms with E-state index < -0.39 is 0 Å². The van der Waals surface area contributed by atoms with Gasteiger partial charge in [0.05, 0.1) is 5.60 Å². The zero-order valence-corrected chi connectivity index (χ0v) is 15.8.